The second-order valence-corrected chi connectivity index (χ2v) is 4.92. The molecule has 1 amide bonds. The third-order valence-electron chi connectivity index (χ3n) is 3.78. The van der Waals surface area contributed by atoms with Crippen molar-refractivity contribution in [2.75, 3.05) is 13.1 Å². The van der Waals surface area contributed by atoms with E-state index in [4.69, 9.17) is 5.73 Å². The van der Waals surface area contributed by atoms with E-state index in [0.29, 0.717) is 11.8 Å². The molecule has 0 aromatic heterocycles. The van der Waals surface area contributed by atoms with E-state index in [0.717, 1.165) is 12.8 Å². The monoisotopic (exact) mass is 268 g/mol. The maximum atomic E-state index is 12.8. The van der Waals surface area contributed by atoms with E-state index < -0.39 is 19.0 Å². The summed E-state index contributed by atoms with van der Waals surface area (Å²) in [4.78, 5) is 11.6. The molecule has 0 radical (unpaired) electrons. The number of alkyl halides is 2. The Labute approximate surface area is 106 Å². The van der Waals surface area contributed by atoms with Crippen molar-refractivity contribution in [2.45, 2.75) is 31.6 Å². The third kappa shape index (κ3) is 3.28. The second-order valence-electron chi connectivity index (χ2n) is 4.92. The highest BCUT2D eigenvalue weighted by Gasteiger charge is 2.54. The van der Waals surface area contributed by atoms with Crippen LogP contribution < -0.4 is 11.1 Å². The highest BCUT2D eigenvalue weighted by Crippen LogP contribution is 2.55. The molecule has 100 valence electrons. The van der Waals surface area contributed by atoms with Crippen molar-refractivity contribution in [2.24, 2.45) is 23.5 Å². The van der Waals surface area contributed by atoms with Gasteiger partial charge in [-0.3, -0.25) is 4.79 Å². The number of hydrogen-bond donors (Lipinski definition) is 2. The predicted octanol–water partition coefficient (Wildman–Crippen LogP) is 1.55. The molecule has 3 nitrogen and oxygen atoms in total. The number of halogens is 3. The van der Waals surface area contributed by atoms with Gasteiger partial charge in [-0.15, -0.1) is 12.4 Å². The lowest BCUT2D eigenvalue weighted by molar-refractivity contribution is -0.124. The van der Waals surface area contributed by atoms with Gasteiger partial charge in [-0.25, -0.2) is 8.78 Å². The lowest BCUT2D eigenvalue weighted by Gasteiger charge is -2.14. The number of hydrogen-bond acceptors (Lipinski definition) is 2. The van der Waals surface area contributed by atoms with Gasteiger partial charge in [-0.1, -0.05) is 12.8 Å². The SMILES string of the molecule is Cl.NCC(F)(F)CNC(=O)C1C2CCCCC21. The summed E-state index contributed by atoms with van der Waals surface area (Å²) >= 11 is 0. The minimum atomic E-state index is -2.98. The number of carbonyl (C=O) groups excluding carboxylic acids is 1. The van der Waals surface area contributed by atoms with Gasteiger partial charge in [0, 0.05) is 5.92 Å². The first-order valence-electron chi connectivity index (χ1n) is 5.91. The van der Waals surface area contributed by atoms with E-state index >= 15 is 0 Å². The summed E-state index contributed by atoms with van der Waals surface area (Å²) in [6.45, 7) is -1.34. The van der Waals surface area contributed by atoms with Crippen LogP contribution in [0.4, 0.5) is 8.78 Å². The van der Waals surface area contributed by atoms with Crippen molar-refractivity contribution >= 4 is 18.3 Å². The molecule has 6 heteroatoms. The summed E-state index contributed by atoms with van der Waals surface area (Å²) in [5.41, 5.74) is 4.90. The molecule has 2 aliphatic rings. The summed E-state index contributed by atoms with van der Waals surface area (Å²) in [6.07, 6.45) is 4.50. The Bertz CT molecular complexity index is 277. The number of carbonyl (C=O) groups is 1. The summed E-state index contributed by atoms with van der Waals surface area (Å²) in [5.74, 6) is -2.27. The Morgan fingerprint density at radius 1 is 1.29 bits per heavy atom. The maximum Gasteiger partial charge on any atom is 0.277 e. The van der Waals surface area contributed by atoms with Gasteiger partial charge >= 0.3 is 0 Å². The molecule has 0 aromatic rings. The van der Waals surface area contributed by atoms with E-state index in [9.17, 15) is 13.6 Å². The fourth-order valence-corrected chi connectivity index (χ4v) is 2.79. The van der Waals surface area contributed by atoms with Crippen molar-refractivity contribution in [1.82, 2.24) is 5.32 Å². The first kappa shape index (κ1) is 14.6. The van der Waals surface area contributed by atoms with Crippen molar-refractivity contribution in [1.29, 1.82) is 0 Å². The number of fused-ring (bicyclic) bond motifs is 1. The molecule has 0 aromatic carbocycles. The van der Waals surface area contributed by atoms with Gasteiger partial charge in [-0.05, 0) is 24.7 Å². The molecule has 2 saturated carbocycles. The zero-order valence-electron chi connectivity index (χ0n) is 9.62. The second kappa shape index (κ2) is 5.48. The van der Waals surface area contributed by atoms with Crippen LogP contribution in [0.3, 0.4) is 0 Å². The minimum absolute atomic E-state index is 0. The molecule has 0 heterocycles. The van der Waals surface area contributed by atoms with Crippen molar-refractivity contribution in [3.63, 3.8) is 0 Å². The normalized spacial score (nSPS) is 31.1. The van der Waals surface area contributed by atoms with Crippen molar-refractivity contribution < 1.29 is 13.6 Å². The fraction of sp³-hybridized carbons (Fsp3) is 0.909. The van der Waals surface area contributed by atoms with Crippen LogP contribution in [-0.2, 0) is 4.79 Å². The summed E-state index contributed by atoms with van der Waals surface area (Å²) < 4.78 is 25.7. The average molecular weight is 269 g/mol. The first-order valence-corrected chi connectivity index (χ1v) is 5.91. The van der Waals surface area contributed by atoms with Gasteiger partial charge < -0.3 is 11.1 Å². The number of nitrogens with two attached hydrogens (primary N) is 1. The lowest BCUT2D eigenvalue weighted by atomic mass is 10.0. The molecule has 2 atom stereocenters. The number of nitrogens with one attached hydrogen (secondary N) is 1. The smallest absolute Gasteiger partial charge is 0.277 e. The molecule has 2 fully saturated rings. The Kier molecular flexibility index (Phi) is 4.72. The Morgan fingerprint density at radius 2 is 1.82 bits per heavy atom. The minimum Gasteiger partial charge on any atom is -0.350 e. The predicted molar refractivity (Wildman–Crippen MR) is 63.2 cm³/mol. The molecule has 17 heavy (non-hydrogen) atoms. The topological polar surface area (TPSA) is 55.1 Å². The lowest BCUT2D eigenvalue weighted by Crippen LogP contribution is -2.42. The number of amides is 1. The molecular formula is C11H19ClF2N2O. The quantitative estimate of drug-likeness (QED) is 0.813. The molecule has 0 spiro atoms. The van der Waals surface area contributed by atoms with E-state index in [1.165, 1.54) is 12.8 Å². The zero-order chi connectivity index (χ0) is 11.8. The van der Waals surface area contributed by atoms with Gasteiger partial charge in [0.15, 0.2) is 0 Å². The van der Waals surface area contributed by atoms with Gasteiger partial charge in [-0.2, -0.15) is 0 Å². The van der Waals surface area contributed by atoms with Crippen LogP contribution in [0.5, 0.6) is 0 Å². The molecule has 0 aliphatic heterocycles. The van der Waals surface area contributed by atoms with Crippen molar-refractivity contribution in [3.8, 4) is 0 Å². The van der Waals surface area contributed by atoms with Crippen LogP contribution >= 0.6 is 12.4 Å². The summed E-state index contributed by atoms with van der Waals surface area (Å²) in [5, 5.41) is 2.32. The summed E-state index contributed by atoms with van der Waals surface area (Å²) in [7, 11) is 0. The molecular weight excluding hydrogens is 250 g/mol. The Hall–Kier alpha value is -0.420. The molecule has 2 unspecified atom stereocenters. The standard InChI is InChI=1S/C11H18F2N2O.ClH/c12-11(13,5-14)6-15-10(16)9-7-3-1-2-4-8(7)9;/h7-9H,1-6,14H2,(H,15,16);1H. The van der Waals surface area contributed by atoms with E-state index in [-0.39, 0.29) is 24.2 Å². The third-order valence-corrected chi connectivity index (χ3v) is 3.78. The van der Waals surface area contributed by atoms with E-state index in [1.54, 1.807) is 0 Å². The largest absolute Gasteiger partial charge is 0.350 e. The highest BCUT2D eigenvalue weighted by molar-refractivity contribution is 5.85. The average Bonchev–Trinajstić information content (AvgIpc) is 3.00. The highest BCUT2D eigenvalue weighted by atomic mass is 35.5. The Morgan fingerprint density at radius 3 is 2.29 bits per heavy atom. The van der Waals surface area contributed by atoms with Crippen molar-refractivity contribution in [3.05, 3.63) is 0 Å². The maximum absolute atomic E-state index is 12.8. The van der Waals surface area contributed by atoms with Crippen LogP contribution in [0.1, 0.15) is 25.7 Å². The fourth-order valence-electron chi connectivity index (χ4n) is 2.79. The molecule has 2 rings (SSSR count). The van der Waals surface area contributed by atoms with Crippen LogP contribution in [0.2, 0.25) is 0 Å². The van der Waals surface area contributed by atoms with E-state index in [2.05, 4.69) is 5.32 Å². The van der Waals surface area contributed by atoms with Crippen LogP contribution in [0, 0.1) is 17.8 Å². The van der Waals surface area contributed by atoms with Gasteiger partial charge in [0.2, 0.25) is 5.91 Å². The van der Waals surface area contributed by atoms with E-state index in [1.807, 2.05) is 0 Å². The first-order chi connectivity index (χ1) is 7.55. The van der Waals surface area contributed by atoms with Crippen LogP contribution in [-0.4, -0.2) is 24.9 Å². The molecule has 0 bridgehead atoms. The van der Waals surface area contributed by atoms with Crippen LogP contribution in [0.25, 0.3) is 0 Å². The Balaban J connectivity index is 0.00000144. The molecule has 2 aliphatic carbocycles. The van der Waals surface area contributed by atoms with Gasteiger partial charge in [0.05, 0.1) is 13.1 Å². The van der Waals surface area contributed by atoms with Gasteiger partial charge in [0.1, 0.15) is 0 Å². The summed E-state index contributed by atoms with van der Waals surface area (Å²) in [6, 6.07) is 0. The number of rotatable bonds is 4. The van der Waals surface area contributed by atoms with Crippen LogP contribution in [0.15, 0.2) is 0 Å². The molecule has 0 saturated heterocycles. The zero-order valence-corrected chi connectivity index (χ0v) is 10.4. The van der Waals surface area contributed by atoms with Gasteiger partial charge in [0.25, 0.3) is 5.92 Å². The molecule has 3 N–H and O–H groups in total.